The zero-order valence-corrected chi connectivity index (χ0v) is 8.09. The summed E-state index contributed by atoms with van der Waals surface area (Å²) in [4.78, 5) is 11.7. The molecule has 0 bridgehead atoms. The molecule has 0 spiro atoms. The molecule has 1 heterocycles. The minimum absolute atomic E-state index is 0.142. The number of aryl methyl sites for hydroxylation is 2. The molecular formula is C11H14O2. The third-order valence-electron chi connectivity index (χ3n) is 2.73. The van der Waals surface area contributed by atoms with Crippen LogP contribution in [0.5, 0.6) is 0 Å². The van der Waals surface area contributed by atoms with Crippen molar-refractivity contribution >= 4 is 5.78 Å². The Morgan fingerprint density at radius 2 is 2.38 bits per heavy atom. The summed E-state index contributed by atoms with van der Waals surface area (Å²) in [5.74, 6) is 1.88. The molecule has 0 radical (unpaired) electrons. The van der Waals surface area contributed by atoms with Crippen molar-refractivity contribution in [2.45, 2.75) is 33.1 Å². The second kappa shape index (κ2) is 3.02. The lowest BCUT2D eigenvalue weighted by Gasteiger charge is -2.14. The normalized spacial score (nSPS) is 21.7. The van der Waals surface area contributed by atoms with Gasteiger partial charge in [-0.05, 0) is 18.9 Å². The molecule has 1 unspecified atom stereocenters. The first-order chi connectivity index (χ1) is 6.22. The number of rotatable bonds is 1. The molecule has 13 heavy (non-hydrogen) atoms. The van der Waals surface area contributed by atoms with Crippen LogP contribution < -0.4 is 0 Å². The van der Waals surface area contributed by atoms with Crippen LogP contribution in [-0.2, 0) is 12.8 Å². The van der Waals surface area contributed by atoms with Gasteiger partial charge in [-0.3, -0.25) is 4.79 Å². The SMILES string of the molecule is CCc1cc2c(o1)C(=O)C(C)CC2. The number of Topliss-reactive ketones (excluding diaryl/α,β-unsaturated/α-hetero) is 1. The van der Waals surface area contributed by atoms with Gasteiger partial charge >= 0.3 is 0 Å². The Morgan fingerprint density at radius 1 is 1.62 bits per heavy atom. The molecule has 0 aliphatic heterocycles. The van der Waals surface area contributed by atoms with Gasteiger partial charge in [0.1, 0.15) is 5.76 Å². The standard InChI is InChI=1S/C11H14O2/c1-3-9-6-8-5-4-7(2)10(12)11(8)13-9/h6-7H,3-5H2,1-2H3. The molecule has 1 atom stereocenters. The minimum atomic E-state index is 0.142. The Morgan fingerprint density at radius 3 is 3.08 bits per heavy atom. The highest BCUT2D eigenvalue weighted by Crippen LogP contribution is 2.28. The quantitative estimate of drug-likeness (QED) is 0.661. The van der Waals surface area contributed by atoms with Crippen molar-refractivity contribution in [2.75, 3.05) is 0 Å². The van der Waals surface area contributed by atoms with Crippen LogP contribution in [0.3, 0.4) is 0 Å². The molecule has 0 fully saturated rings. The molecule has 1 aromatic rings. The van der Waals surface area contributed by atoms with Crippen molar-refractivity contribution in [3.8, 4) is 0 Å². The Bertz CT molecular complexity index is 336. The second-order valence-corrected chi connectivity index (χ2v) is 3.72. The topological polar surface area (TPSA) is 30.2 Å². The summed E-state index contributed by atoms with van der Waals surface area (Å²) in [5.41, 5.74) is 1.11. The average molecular weight is 178 g/mol. The van der Waals surface area contributed by atoms with E-state index >= 15 is 0 Å². The van der Waals surface area contributed by atoms with Crippen LogP contribution >= 0.6 is 0 Å². The fourth-order valence-electron chi connectivity index (χ4n) is 1.78. The van der Waals surface area contributed by atoms with Crippen LogP contribution in [0.4, 0.5) is 0 Å². The Hall–Kier alpha value is -1.05. The monoisotopic (exact) mass is 178 g/mol. The van der Waals surface area contributed by atoms with Gasteiger partial charge in [-0.15, -0.1) is 0 Å². The summed E-state index contributed by atoms with van der Waals surface area (Å²) in [5, 5.41) is 0. The van der Waals surface area contributed by atoms with Crippen molar-refractivity contribution in [3.05, 3.63) is 23.2 Å². The smallest absolute Gasteiger partial charge is 0.201 e. The van der Waals surface area contributed by atoms with Gasteiger partial charge in [-0.25, -0.2) is 0 Å². The summed E-state index contributed by atoms with van der Waals surface area (Å²) in [6.45, 7) is 4.01. The highest BCUT2D eigenvalue weighted by atomic mass is 16.3. The lowest BCUT2D eigenvalue weighted by atomic mass is 9.89. The van der Waals surface area contributed by atoms with Gasteiger partial charge in [-0.2, -0.15) is 0 Å². The fourth-order valence-corrected chi connectivity index (χ4v) is 1.78. The maximum absolute atomic E-state index is 11.7. The van der Waals surface area contributed by atoms with E-state index in [2.05, 4.69) is 0 Å². The van der Waals surface area contributed by atoms with Gasteiger partial charge in [0.15, 0.2) is 5.76 Å². The molecule has 2 nitrogen and oxygen atoms in total. The zero-order valence-electron chi connectivity index (χ0n) is 8.09. The van der Waals surface area contributed by atoms with Crippen molar-refractivity contribution in [3.63, 3.8) is 0 Å². The minimum Gasteiger partial charge on any atom is -0.458 e. The molecule has 70 valence electrons. The van der Waals surface area contributed by atoms with Gasteiger partial charge in [0.05, 0.1) is 0 Å². The van der Waals surface area contributed by atoms with Crippen molar-refractivity contribution in [1.82, 2.24) is 0 Å². The molecule has 2 heteroatoms. The van der Waals surface area contributed by atoms with E-state index in [1.54, 1.807) is 0 Å². The Balaban J connectivity index is 2.42. The summed E-state index contributed by atoms with van der Waals surface area (Å²) in [7, 11) is 0. The first-order valence-electron chi connectivity index (χ1n) is 4.88. The lowest BCUT2D eigenvalue weighted by molar-refractivity contribution is 0.0881. The predicted molar refractivity (Wildman–Crippen MR) is 49.9 cm³/mol. The van der Waals surface area contributed by atoms with E-state index in [1.807, 2.05) is 19.9 Å². The lowest BCUT2D eigenvalue weighted by Crippen LogP contribution is -2.18. The average Bonchev–Trinajstić information content (AvgIpc) is 2.55. The number of hydrogen-bond acceptors (Lipinski definition) is 2. The second-order valence-electron chi connectivity index (χ2n) is 3.72. The summed E-state index contributed by atoms with van der Waals surface area (Å²) in [6.07, 6.45) is 2.83. The molecule has 2 rings (SSSR count). The number of carbonyl (C=O) groups is 1. The maximum atomic E-state index is 11.7. The summed E-state index contributed by atoms with van der Waals surface area (Å²) >= 11 is 0. The van der Waals surface area contributed by atoms with Crippen LogP contribution in [0, 0.1) is 5.92 Å². The van der Waals surface area contributed by atoms with Gasteiger partial charge in [-0.1, -0.05) is 13.8 Å². The van der Waals surface area contributed by atoms with E-state index in [-0.39, 0.29) is 11.7 Å². The van der Waals surface area contributed by atoms with Gasteiger partial charge in [0, 0.05) is 17.9 Å². The Labute approximate surface area is 77.9 Å². The van der Waals surface area contributed by atoms with Crippen LogP contribution in [0.25, 0.3) is 0 Å². The fraction of sp³-hybridized carbons (Fsp3) is 0.545. The van der Waals surface area contributed by atoms with Gasteiger partial charge in [0.2, 0.25) is 5.78 Å². The number of furan rings is 1. The molecular weight excluding hydrogens is 164 g/mol. The van der Waals surface area contributed by atoms with E-state index < -0.39 is 0 Å². The molecule has 1 aliphatic rings. The zero-order chi connectivity index (χ0) is 9.42. The summed E-state index contributed by atoms with van der Waals surface area (Å²) < 4.78 is 5.49. The molecule has 0 saturated carbocycles. The maximum Gasteiger partial charge on any atom is 0.201 e. The van der Waals surface area contributed by atoms with E-state index in [9.17, 15) is 4.79 Å². The summed E-state index contributed by atoms with van der Waals surface area (Å²) in [6, 6.07) is 2.03. The number of fused-ring (bicyclic) bond motifs is 1. The number of ketones is 1. The van der Waals surface area contributed by atoms with E-state index in [1.165, 1.54) is 0 Å². The van der Waals surface area contributed by atoms with E-state index in [0.29, 0.717) is 5.76 Å². The molecule has 0 saturated heterocycles. The first kappa shape index (κ1) is 8.54. The number of carbonyl (C=O) groups excluding carboxylic acids is 1. The largest absolute Gasteiger partial charge is 0.458 e. The van der Waals surface area contributed by atoms with Crippen LogP contribution in [0.1, 0.15) is 42.1 Å². The Kier molecular flexibility index (Phi) is 1.98. The molecule has 0 aromatic carbocycles. The predicted octanol–water partition coefficient (Wildman–Crippen LogP) is 2.61. The molecule has 0 N–H and O–H groups in total. The van der Waals surface area contributed by atoms with Gasteiger partial charge in [0.25, 0.3) is 0 Å². The van der Waals surface area contributed by atoms with Crippen LogP contribution in [0.15, 0.2) is 10.5 Å². The first-order valence-corrected chi connectivity index (χ1v) is 4.88. The third kappa shape index (κ3) is 1.30. The highest BCUT2D eigenvalue weighted by Gasteiger charge is 2.27. The third-order valence-corrected chi connectivity index (χ3v) is 2.73. The molecule has 0 amide bonds. The van der Waals surface area contributed by atoms with E-state index in [0.717, 1.165) is 30.6 Å². The molecule has 1 aliphatic carbocycles. The van der Waals surface area contributed by atoms with Crippen LogP contribution in [-0.4, -0.2) is 5.78 Å². The van der Waals surface area contributed by atoms with E-state index in [4.69, 9.17) is 4.42 Å². The highest BCUT2D eigenvalue weighted by molar-refractivity contribution is 5.97. The van der Waals surface area contributed by atoms with Gasteiger partial charge < -0.3 is 4.42 Å². The van der Waals surface area contributed by atoms with Crippen molar-refractivity contribution in [1.29, 1.82) is 0 Å². The van der Waals surface area contributed by atoms with Crippen molar-refractivity contribution < 1.29 is 9.21 Å². The number of hydrogen-bond donors (Lipinski definition) is 0. The molecule has 1 aromatic heterocycles. The van der Waals surface area contributed by atoms with Crippen molar-refractivity contribution in [2.24, 2.45) is 5.92 Å². The van der Waals surface area contributed by atoms with Crippen LogP contribution in [0.2, 0.25) is 0 Å².